The van der Waals surface area contributed by atoms with Crippen molar-refractivity contribution in [2.24, 2.45) is 5.92 Å². The molecule has 0 radical (unpaired) electrons. The Morgan fingerprint density at radius 1 is 1.17 bits per heavy atom. The van der Waals surface area contributed by atoms with Gasteiger partial charge in [-0.2, -0.15) is 5.10 Å². The zero-order valence-corrected chi connectivity index (χ0v) is 15.6. The van der Waals surface area contributed by atoms with E-state index in [2.05, 4.69) is 40.2 Å². The van der Waals surface area contributed by atoms with Crippen molar-refractivity contribution >= 4 is 28.7 Å². The van der Waals surface area contributed by atoms with Crippen LogP contribution in [0.1, 0.15) is 12.8 Å². The zero-order chi connectivity index (χ0) is 19.6. The van der Waals surface area contributed by atoms with E-state index < -0.39 is 0 Å². The zero-order valence-electron chi connectivity index (χ0n) is 15.6. The third kappa shape index (κ3) is 3.51. The summed E-state index contributed by atoms with van der Waals surface area (Å²) in [6, 6.07) is 9.55. The number of aromatic amines is 1. The van der Waals surface area contributed by atoms with Gasteiger partial charge >= 0.3 is 0 Å². The number of hydrogen-bond donors (Lipinski definition) is 2. The average Bonchev–Trinajstić information content (AvgIpc) is 3.43. The van der Waals surface area contributed by atoms with Crippen molar-refractivity contribution in [1.29, 1.82) is 0 Å². The van der Waals surface area contributed by atoms with Gasteiger partial charge in [0.05, 0.1) is 17.0 Å². The van der Waals surface area contributed by atoms with Crippen LogP contribution in [0.4, 0.5) is 11.8 Å². The first-order valence-corrected chi connectivity index (χ1v) is 9.44. The maximum absolute atomic E-state index is 12.8. The quantitative estimate of drug-likeness (QED) is 0.546. The first-order chi connectivity index (χ1) is 14.3. The number of nitrogens with zero attached hydrogens (tertiary/aromatic N) is 7. The van der Waals surface area contributed by atoms with E-state index in [1.807, 2.05) is 30.3 Å². The number of hydrogen-bond acceptors (Lipinski definition) is 7. The summed E-state index contributed by atoms with van der Waals surface area (Å²) in [5, 5.41) is 7.02. The SMILES string of the molecule is O=C(Nc1nc2ccccc2[nH]1)C1CCCN(c2cc(-n3cncn3)ncn2)C1. The second-order valence-corrected chi connectivity index (χ2v) is 6.95. The summed E-state index contributed by atoms with van der Waals surface area (Å²) < 4.78 is 1.58. The summed E-state index contributed by atoms with van der Waals surface area (Å²) in [5.41, 5.74) is 1.73. The number of nitrogens with one attached hydrogen (secondary N) is 2. The van der Waals surface area contributed by atoms with Crippen LogP contribution < -0.4 is 10.2 Å². The van der Waals surface area contributed by atoms with Crippen LogP contribution in [0, 0.1) is 5.92 Å². The monoisotopic (exact) mass is 389 g/mol. The van der Waals surface area contributed by atoms with Gasteiger partial charge in [-0.3, -0.25) is 10.1 Å². The van der Waals surface area contributed by atoms with E-state index in [9.17, 15) is 4.79 Å². The van der Waals surface area contributed by atoms with Crippen LogP contribution in [0.15, 0.2) is 49.3 Å². The maximum Gasteiger partial charge on any atom is 0.231 e. The Morgan fingerprint density at radius 3 is 2.93 bits per heavy atom. The van der Waals surface area contributed by atoms with Crippen molar-refractivity contribution in [2.75, 3.05) is 23.3 Å². The highest BCUT2D eigenvalue weighted by atomic mass is 16.2. The number of piperidine rings is 1. The Balaban J connectivity index is 1.30. The molecule has 0 aliphatic carbocycles. The largest absolute Gasteiger partial charge is 0.356 e. The maximum atomic E-state index is 12.8. The van der Waals surface area contributed by atoms with Crippen molar-refractivity contribution in [2.45, 2.75) is 12.8 Å². The number of carbonyl (C=O) groups excluding carboxylic acids is 1. The molecule has 2 N–H and O–H groups in total. The Hall–Kier alpha value is -3.82. The van der Waals surface area contributed by atoms with E-state index in [1.54, 1.807) is 11.0 Å². The third-order valence-corrected chi connectivity index (χ3v) is 5.04. The molecule has 4 aromatic rings. The van der Waals surface area contributed by atoms with Crippen molar-refractivity contribution in [3.63, 3.8) is 0 Å². The fraction of sp³-hybridized carbons (Fsp3) is 0.263. The molecule has 1 unspecified atom stereocenters. The van der Waals surface area contributed by atoms with Crippen LogP contribution in [0.5, 0.6) is 0 Å². The van der Waals surface area contributed by atoms with Gasteiger partial charge < -0.3 is 9.88 Å². The fourth-order valence-electron chi connectivity index (χ4n) is 3.59. The average molecular weight is 389 g/mol. The van der Waals surface area contributed by atoms with Gasteiger partial charge in [-0.25, -0.2) is 24.6 Å². The molecule has 5 rings (SSSR count). The molecule has 1 fully saturated rings. The van der Waals surface area contributed by atoms with Gasteiger partial charge in [-0.05, 0) is 25.0 Å². The second-order valence-electron chi connectivity index (χ2n) is 6.95. The third-order valence-electron chi connectivity index (χ3n) is 5.04. The number of benzene rings is 1. The minimum Gasteiger partial charge on any atom is -0.356 e. The molecule has 1 aliphatic heterocycles. The van der Waals surface area contributed by atoms with Crippen molar-refractivity contribution < 1.29 is 4.79 Å². The van der Waals surface area contributed by atoms with E-state index in [4.69, 9.17) is 0 Å². The Labute approximate surface area is 166 Å². The van der Waals surface area contributed by atoms with Gasteiger partial charge in [0, 0.05) is 19.2 Å². The highest BCUT2D eigenvalue weighted by Gasteiger charge is 2.27. The van der Waals surface area contributed by atoms with E-state index in [1.165, 1.54) is 12.7 Å². The van der Waals surface area contributed by atoms with Gasteiger partial charge in [0.15, 0.2) is 5.82 Å². The number of rotatable bonds is 4. The number of amides is 1. The topological polar surface area (TPSA) is 118 Å². The molecule has 10 heteroatoms. The Morgan fingerprint density at radius 2 is 2.07 bits per heavy atom. The van der Waals surface area contributed by atoms with E-state index in [0.717, 1.165) is 36.2 Å². The van der Waals surface area contributed by atoms with Crippen molar-refractivity contribution in [3.8, 4) is 5.82 Å². The first kappa shape index (κ1) is 17.3. The summed E-state index contributed by atoms with van der Waals surface area (Å²) in [4.78, 5) is 35.1. The predicted octanol–water partition coefficient (Wildman–Crippen LogP) is 1.79. The molecule has 0 bridgehead atoms. The van der Waals surface area contributed by atoms with E-state index in [0.29, 0.717) is 18.3 Å². The molecular weight excluding hydrogens is 370 g/mol. The second kappa shape index (κ2) is 7.30. The summed E-state index contributed by atoms with van der Waals surface area (Å²) in [6.45, 7) is 1.42. The number of para-hydroxylation sites is 2. The predicted molar refractivity (Wildman–Crippen MR) is 107 cm³/mol. The molecule has 10 nitrogen and oxygen atoms in total. The summed E-state index contributed by atoms with van der Waals surface area (Å²) in [6.07, 6.45) is 6.28. The lowest BCUT2D eigenvalue weighted by Gasteiger charge is -2.32. The summed E-state index contributed by atoms with van der Waals surface area (Å²) >= 11 is 0. The molecule has 1 atom stereocenters. The fourth-order valence-corrected chi connectivity index (χ4v) is 3.59. The molecule has 1 saturated heterocycles. The molecule has 3 aromatic heterocycles. The van der Waals surface area contributed by atoms with Gasteiger partial charge in [0.1, 0.15) is 24.8 Å². The van der Waals surface area contributed by atoms with Crippen LogP contribution in [-0.4, -0.2) is 53.7 Å². The molecule has 29 heavy (non-hydrogen) atoms. The molecule has 1 aromatic carbocycles. The highest BCUT2D eigenvalue weighted by Crippen LogP contribution is 2.23. The molecule has 0 saturated carbocycles. The lowest BCUT2D eigenvalue weighted by molar-refractivity contribution is -0.120. The van der Waals surface area contributed by atoms with Crippen LogP contribution in [0.2, 0.25) is 0 Å². The lowest BCUT2D eigenvalue weighted by Crippen LogP contribution is -2.41. The minimum atomic E-state index is -0.151. The number of imidazole rings is 1. The summed E-state index contributed by atoms with van der Waals surface area (Å²) in [7, 11) is 0. The van der Waals surface area contributed by atoms with E-state index >= 15 is 0 Å². The Kier molecular flexibility index (Phi) is 4.35. The molecule has 1 aliphatic rings. The summed E-state index contributed by atoms with van der Waals surface area (Å²) in [5.74, 6) is 1.69. The van der Waals surface area contributed by atoms with Crippen LogP contribution in [-0.2, 0) is 4.79 Å². The molecule has 1 amide bonds. The van der Waals surface area contributed by atoms with Crippen LogP contribution in [0.25, 0.3) is 16.9 Å². The number of anilines is 2. The van der Waals surface area contributed by atoms with Gasteiger partial charge in [0.2, 0.25) is 11.9 Å². The molecule has 4 heterocycles. The number of fused-ring (bicyclic) bond motifs is 1. The number of carbonyl (C=O) groups is 1. The van der Waals surface area contributed by atoms with Gasteiger partial charge in [0.25, 0.3) is 0 Å². The smallest absolute Gasteiger partial charge is 0.231 e. The van der Waals surface area contributed by atoms with Gasteiger partial charge in [-0.15, -0.1) is 0 Å². The Bertz CT molecular complexity index is 1100. The van der Waals surface area contributed by atoms with Crippen LogP contribution in [0.3, 0.4) is 0 Å². The highest BCUT2D eigenvalue weighted by molar-refractivity contribution is 5.93. The number of aromatic nitrogens is 7. The first-order valence-electron chi connectivity index (χ1n) is 9.44. The molecule has 146 valence electrons. The lowest BCUT2D eigenvalue weighted by atomic mass is 9.97. The normalized spacial score (nSPS) is 16.8. The van der Waals surface area contributed by atoms with Crippen molar-refractivity contribution in [3.05, 3.63) is 49.3 Å². The minimum absolute atomic E-state index is 0.0423. The van der Waals surface area contributed by atoms with Gasteiger partial charge in [-0.1, -0.05) is 12.1 Å². The standard InChI is InChI=1S/C19H19N9O/c29-18(26-19-24-14-5-1-2-6-15(14)25-19)13-4-3-7-27(9-13)16-8-17(22-11-21-16)28-12-20-10-23-28/h1-2,5-6,8,10-13H,3-4,7,9H2,(H2,24,25,26,29). The van der Waals surface area contributed by atoms with E-state index in [-0.39, 0.29) is 11.8 Å². The van der Waals surface area contributed by atoms with Crippen molar-refractivity contribution in [1.82, 2.24) is 34.7 Å². The number of H-pyrrole nitrogens is 1. The molecular formula is C19H19N9O. The molecule has 0 spiro atoms. The van der Waals surface area contributed by atoms with Crippen LogP contribution >= 0.6 is 0 Å².